The zero-order valence-corrected chi connectivity index (χ0v) is 10.3. The molecule has 1 nitrogen and oxygen atoms in total. The lowest BCUT2D eigenvalue weighted by atomic mass is 10.0. The van der Waals surface area contributed by atoms with Crippen molar-refractivity contribution in [3.63, 3.8) is 0 Å². The smallest absolute Gasteiger partial charge is 0.0412 e. The second-order valence-electron chi connectivity index (χ2n) is 3.41. The Morgan fingerprint density at radius 3 is 2.19 bits per heavy atom. The topological polar surface area (TPSA) is 26.0 Å². The molecule has 16 heavy (non-hydrogen) atoms. The van der Waals surface area contributed by atoms with Gasteiger partial charge in [0.1, 0.15) is 0 Å². The van der Waals surface area contributed by atoms with Crippen LogP contribution in [-0.2, 0) is 6.54 Å². The molecule has 0 aliphatic carbocycles. The quantitative estimate of drug-likeness (QED) is 0.864. The van der Waals surface area contributed by atoms with E-state index in [-0.39, 0.29) is 12.4 Å². The molecule has 2 aromatic carbocycles. The van der Waals surface area contributed by atoms with E-state index in [2.05, 4.69) is 12.1 Å². The molecule has 0 aliphatic rings. The molecule has 0 unspecified atom stereocenters. The third-order valence-electron chi connectivity index (χ3n) is 2.32. The summed E-state index contributed by atoms with van der Waals surface area (Å²) in [6.45, 7) is 0.564. The van der Waals surface area contributed by atoms with Crippen LogP contribution < -0.4 is 5.73 Å². The molecular weight excluding hydrogens is 241 g/mol. The summed E-state index contributed by atoms with van der Waals surface area (Å²) < 4.78 is 0. The average Bonchev–Trinajstić information content (AvgIpc) is 2.29. The van der Waals surface area contributed by atoms with E-state index in [1.165, 1.54) is 0 Å². The van der Waals surface area contributed by atoms with E-state index in [1.807, 2.05) is 36.4 Å². The van der Waals surface area contributed by atoms with Crippen LogP contribution in [0.15, 0.2) is 48.5 Å². The number of halogens is 2. The molecule has 0 heterocycles. The van der Waals surface area contributed by atoms with Gasteiger partial charge in [0.2, 0.25) is 0 Å². The van der Waals surface area contributed by atoms with Crippen molar-refractivity contribution in [2.75, 3.05) is 0 Å². The predicted molar refractivity (Wildman–Crippen MR) is 72.0 cm³/mol. The number of nitrogens with two attached hydrogens (primary N) is 1. The van der Waals surface area contributed by atoms with Crippen molar-refractivity contribution in [3.8, 4) is 11.1 Å². The molecule has 0 bridgehead atoms. The Bertz CT molecular complexity index is 469. The van der Waals surface area contributed by atoms with Crippen molar-refractivity contribution in [2.24, 2.45) is 5.73 Å². The Morgan fingerprint density at radius 1 is 0.938 bits per heavy atom. The number of hydrogen-bond donors (Lipinski definition) is 1. The second kappa shape index (κ2) is 5.90. The Labute approximate surface area is 107 Å². The molecule has 2 aromatic rings. The van der Waals surface area contributed by atoms with Gasteiger partial charge in [-0.05, 0) is 34.9 Å². The summed E-state index contributed by atoms with van der Waals surface area (Å²) in [5.74, 6) is 0. The van der Waals surface area contributed by atoms with Crippen LogP contribution in [0.2, 0.25) is 5.02 Å². The first-order chi connectivity index (χ1) is 7.29. The molecule has 0 saturated heterocycles. The third kappa shape index (κ3) is 2.99. The predicted octanol–water partition coefficient (Wildman–Crippen LogP) is 3.89. The molecule has 84 valence electrons. The van der Waals surface area contributed by atoms with E-state index in [0.29, 0.717) is 6.54 Å². The van der Waals surface area contributed by atoms with E-state index < -0.39 is 0 Å². The molecule has 0 aliphatic heterocycles. The molecule has 0 saturated carbocycles. The van der Waals surface area contributed by atoms with Crippen LogP contribution in [-0.4, -0.2) is 0 Å². The highest BCUT2D eigenvalue weighted by Gasteiger charge is 1.98. The SMILES string of the molecule is Cl.NCc1cccc(-c2cccc(Cl)c2)c1. The van der Waals surface area contributed by atoms with Gasteiger partial charge in [0.25, 0.3) is 0 Å². The number of benzene rings is 2. The van der Waals surface area contributed by atoms with Crippen molar-refractivity contribution in [2.45, 2.75) is 6.54 Å². The maximum atomic E-state index is 5.94. The van der Waals surface area contributed by atoms with Gasteiger partial charge < -0.3 is 5.73 Å². The Kier molecular flexibility index (Phi) is 4.81. The Balaban J connectivity index is 0.00000128. The molecule has 0 radical (unpaired) electrons. The monoisotopic (exact) mass is 253 g/mol. The molecule has 0 aromatic heterocycles. The minimum atomic E-state index is 0. The Morgan fingerprint density at radius 2 is 1.56 bits per heavy atom. The van der Waals surface area contributed by atoms with E-state index in [4.69, 9.17) is 17.3 Å². The van der Waals surface area contributed by atoms with Crippen molar-refractivity contribution in [3.05, 3.63) is 59.1 Å². The summed E-state index contributed by atoms with van der Waals surface area (Å²) in [5, 5.41) is 0.755. The second-order valence-corrected chi connectivity index (χ2v) is 3.85. The fourth-order valence-corrected chi connectivity index (χ4v) is 1.74. The van der Waals surface area contributed by atoms with Gasteiger partial charge in [-0.25, -0.2) is 0 Å². The lowest BCUT2D eigenvalue weighted by molar-refractivity contribution is 1.07. The average molecular weight is 254 g/mol. The fraction of sp³-hybridized carbons (Fsp3) is 0.0769. The molecule has 2 N–H and O–H groups in total. The number of hydrogen-bond acceptors (Lipinski definition) is 1. The summed E-state index contributed by atoms with van der Waals surface area (Å²) in [7, 11) is 0. The summed E-state index contributed by atoms with van der Waals surface area (Å²) >= 11 is 5.94. The minimum Gasteiger partial charge on any atom is -0.326 e. The normalized spacial score (nSPS) is 9.62. The minimum absolute atomic E-state index is 0. The van der Waals surface area contributed by atoms with Gasteiger partial charge in [0, 0.05) is 11.6 Å². The first-order valence-electron chi connectivity index (χ1n) is 4.84. The van der Waals surface area contributed by atoms with Crippen LogP contribution in [0.5, 0.6) is 0 Å². The summed E-state index contributed by atoms with van der Waals surface area (Å²) in [5.41, 5.74) is 9.01. The van der Waals surface area contributed by atoms with Gasteiger partial charge in [-0.3, -0.25) is 0 Å². The van der Waals surface area contributed by atoms with Crippen LogP contribution in [0.1, 0.15) is 5.56 Å². The van der Waals surface area contributed by atoms with Crippen molar-refractivity contribution in [1.82, 2.24) is 0 Å². The van der Waals surface area contributed by atoms with Gasteiger partial charge in [-0.2, -0.15) is 0 Å². The molecule has 3 heteroatoms. The van der Waals surface area contributed by atoms with Crippen molar-refractivity contribution in [1.29, 1.82) is 0 Å². The molecule has 0 fully saturated rings. The van der Waals surface area contributed by atoms with E-state index in [0.717, 1.165) is 21.7 Å². The highest BCUT2D eigenvalue weighted by molar-refractivity contribution is 6.30. The highest BCUT2D eigenvalue weighted by atomic mass is 35.5. The van der Waals surface area contributed by atoms with Crippen LogP contribution in [0.3, 0.4) is 0 Å². The van der Waals surface area contributed by atoms with Gasteiger partial charge in [-0.15, -0.1) is 12.4 Å². The van der Waals surface area contributed by atoms with Crippen LogP contribution in [0.4, 0.5) is 0 Å². The maximum absolute atomic E-state index is 5.94. The third-order valence-corrected chi connectivity index (χ3v) is 2.56. The van der Waals surface area contributed by atoms with Crippen molar-refractivity contribution < 1.29 is 0 Å². The molecule has 0 spiro atoms. The maximum Gasteiger partial charge on any atom is 0.0412 e. The van der Waals surface area contributed by atoms with E-state index >= 15 is 0 Å². The molecule has 0 atom stereocenters. The zero-order chi connectivity index (χ0) is 10.7. The van der Waals surface area contributed by atoms with Crippen LogP contribution in [0, 0.1) is 0 Å². The van der Waals surface area contributed by atoms with Crippen LogP contribution >= 0.6 is 24.0 Å². The van der Waals surface area contributed by atoms with Gasteiger partial charge in [0.05, 0.1) is 0 Å². The number of rotatable bonds is 2. The zero-order valence-electron chi connectivity index (χ0n) is 8.69. The van der Waals surface area contributed by atoms with Gasteiger partial charge in [0.15, 0.2) is 0 Å². The lowest BCUT2D eigenvalue weighted by Gasteiger charge is -2.04. The fourth-order valence-electron chi connectivity index (χ4n) is 1.55. The van der Waals surface area contributed by atoms with Gasteiger partial charge in [-0.1, -0.05) is 41.9 Å². The van der Waals surface area contributed by atoms with E-state index in [1.54, 1.807) is 0 Å². The lowest BCUT2D eigenvalue weighted by Crippen LogP contribution is -1.95. The van der Waals surface area contributed by atoms with Crippen molar-refractivity contribution >= 4 is 24.0 Å². The van der Waals surface area contributed by atoms with Gasteiger partial charge >= 0.3 is 0 Å². The standard InChI is InChI=1S/C13H12ClN.ClH/c14-13-6-2-5-12(8-13)11-4-1-3-10(7-11)9-15;/h1-8H,9,15H2;1H. The molecule has 0 amide bonds. The summed E-state index contributed by atoms with van der Waals surface area (Å²) in [6.07, 6.45) is 0. The first-order valence-corrected chi connectivity index (χ1v) is 5.22. The molecule has 2 rings (SSSR count). The largest absolute Gasteiger partial charge is 0.326 e. The van der Waals surface area contributed by atoms with E-state index in [9.17, 15) is 0 Å². The summed E-state index contributed by atoms with van der Waals surface area (Å²) in [6, 6.07) is 16.0. The first kappa shape index (κ1) is 13.0. The summed E-state index contributed by atoms with van der Waals surface area (Å²) in [4.78, 5) is 0. The molecular formula is C13H13Cl2N. The van der Waals surface area contributed by atoms with Crippen LogP contribution in [0.25, 0.3) is 11.1 Å². The Hall–Kier alpha value is -1.02. The highest BCUT2D eigenvalue weighted by Crippen LogP contribution is 2.23.